The van der Waals surface area contributed by atoms with Crippen LogP contribution in [-0.2, 0) is 26.7 Å². The third-order valence-corrected chi connectivity index (χ3v) is 7.78. The van der Waals surface area contributed by atoms with Crippen LogP contribution in [-0.4, -0.2) is 24.0 Å². The summed E-state index contributed by atoms with van der Waals surface area (Å²) in [5.74, 6) is -0.850. The van der Waals surface area contributed by atoms with E-state index in [-0.39, 0.29) is 46.3 Å². The molecular weight excluding hydrogens is 375 g/mol. The number of carbonyl (C=O) groups is 1. The van der Waals surface area contributed by atoms with Crippen LogP contribution in [0.25, 0.3) is 0 Å². The van der Waals surface area contributed by atoms with Crippen LogP contribution < -0.4 is 29.6 Å². The first-order valence-corrected chi connectivity index (χ1v) is 10.7. The van der Waals surface area contributed by atoms with Crippen molar-refractivity contribution in [2.24, 2.45) is 11.3 Å². The van der Waals surface area contributed by atoms with Gasteiger partial charge in [-0.1, -0.05) is 33.3 Å². The van der Waals surface area contributed by atoms with E-state index < -0.39 is 26.9 Å². The van der Waals surface area contributed by atoms with E-state index in [2.05, 4.69) is 6.92 Å². The van der Waals surface area contributed by atoms with E-state index in [0.717, 1.165) is 36.8 Å². The van der Waals surface area contributed by atoms with E-state index in [0.29, 0.717) is 12.0 Å². The molecule has 1 fully saturated rings. The van der Waals surface area contributed by atoms with Gasteiger partial charge in [0.25, 0.3) is 10.1 Å². The molecule has 3 rings (SSSR count). The fourth-order valence-electron chi connectivity index (χ4n) is 5.45. The second-order valence-corrected chi connectivity index (χ2v) is 10.2. The van der Waals surface area contributed by atoms with Gasteiger partial charge in [-0.25, -0.2) is 0 Å². The Morgan fingerprint density at radius 2 is 1.85 bits per heavy atom. The molecule has 0 aromatic heterocycles. The van der Waals surface area contributed by atoms with Crippen molar-refractivity contribution in [2.45, 2.75) is 76.0 Å². The zero-order chi connectivity index (χ0) is 19.5. The summed E-state index contributed by atoms with van der Waals surface area (Å²) >= 11 is 0. The molecule has 27 heavy (non-hydrogen) atoms. The fraction of sp³-hybridized carbons (Fsp3) is 0.650. The summed E-state index contributed by atoms with van der Waals surface area (Å²) in [5.41, 5.74) is 1.42. The molecule has 0 amide bonds. The zero-order valence-corrected chi connectivity index (χ0v) is 19.7. The van der Waals surface area contributed by atoms with E-state index in [4.69, 9.17) is 0 Å². The molecule has 0 unspecified atom stereocenters. The Kier molecular flexibility index (Phi) is 6.31. The molecule has 5 nitrogen and oxygen atoms in total. The third kappa shape index (κ3) is 3.64. The van der Waals surface area contributed by atoms with Crippen LogP contribution in [0.3, 0.4) is 0 Å². The van der Waals surface area contributed by atoms with Gasteiger partial charge in [0.15, 0.2) is 0 Å². The van der Waals surface area contributed by atoms with Crippen LogP contribution in [0.4, 0.5) is 0 Å². The quantitative estimate of drug-likeness (QED) is 0.584. The minimum absolute atomic E-state index is 0. The van der Waals surface area contributed by atoms with Gasteiger partial charge in [-0.15, -0.1) is 0 Å². The minimum atomic E-state index is -4.34. The number of hydrogen-bond donors (Lipinski definition) is 2. The molecule has 1 aromatic rings. The van der Waals surface area contributed by atoms with Gasteiger partial charge in [0.1, 0.15) is 0 Å². The summed E-state index contributed by atoms with van der Waals surface area (Å²) in [6, 6.07) is 3.54. The molecule has 7 heteroatoms. The Morgan fingerprint density at radius 3 is 2.37 bits per heavy atom. The number of benzene rings is 1. The molecule has 0 spiro atoms. The van der Waals surface area contributed by atoms with Crippen molar-refractivity contribution in [3.8, 4) is 0 Å². The van der Waals surface area contributed by atoms with Crippen LogP contribution in [0.2, 0.25) is 0 Å². The van der Waals surface area contributed by atoms with E-state index in [1.807, 2.05) is 26.8 Å². The van der Waals surface area contributed by atoms with Crippen molar-refractivity contribution < 1.29 is 52.4 Å². The molecule has 0 bridgehead atoms. The SMILES string of the molecule is CC(C)c1cc2c(cc1S(=O)(=O)O)[C@@]1(C)CCC[C@@](C)(C(=O)O)[C@@H]1CC2.[Na+]. The summed E-state index contributed by atoms with van der Waals surface area (Å²) < 4.78 is 33.8. The van der Waals surface area contributed by atoms with Crippen LogP contribution in [0.15, 0.2) is 17.0 Å². The van der Waals surface area contributed by atoms with Gasteiger partial charge in [-0.05, 0) is 72.6 Å². The standard InChI is InChI=1S/C20H28O5S.Na/c1-12(2)14-10-13-6-7-17-19(3,8-5-9-20(17,4)18(21)22)15(13)11-16(14)26(23,24)25;/h10-12,17H,5-9H2,1-4H3,(H,21,22)(H,23,24,25);/q;+1/t17-,19-,20-;/m1./s1. The van der Waals surface area contributed by atoms with Crippen LogP contribution in [0.5, 0.6) is 0 Å². The largest absolute Gasteiger partial charge is 1.00 e. The average Bonchev–Trinajstić information content (AvgIpc) is 2.52. The second-order valence-electron chi connectivity index (χ2n) is 8.76. The Labute approximate surface area is 184 Å². The Bertz CT molecular complexity index is 863. The maximum atomic E-state index is 12.0. The number of aryl methyl sites for hydroxylation is 1. The molecular formula is C20H28NaO5S+. The molecule has 0 aliphatic heterocycles. The van der Waals surface area contributed by atoms with Crippen molar-refractivity contribution >= 4 is 16.1 Å². The smallest absolute Gasteiger partial charge is 0.481 e. The van der Waals surface area contributed by atoms with Crippen LogP contribution in [0.1, 0.15) is 76.0 Å². The van der Waals surface area contributed by atoms with Gasteiger partial charge < -0.3 is 5.11 Å². The summed E-state index contributed by atoms with van der Waals surface area (Å²) in [5, 5.41) is 9.86. The predicted octanol–water partition coefficient (Wildman–Crippen LogP) is 1.16. The molecule has 144 valence electrons. The van der Waals surface area contributed by atoms with Gasteiger partial charge in [0, 0.05) is 0 Å². The van der Waals surface area contributed by atoms with Crippen molar-refractivity contribution in [3.05, 3.63) is 28.8 Å². The molecule has 0 saturated heterocycles. The number of fused-ring (bicyclic) bond motifs is 3. The Balaban J connectivity index is 0.00000261. The fourth-order valence-corrected chi connectivity index (χ4v) is 6.31. The first kappa shape index (κ1) is 22.9. The number of hydrogen-bond acceptors (Lipinski definition) is 3. The Hall–Kier alpha value is -0.400. The molecule has 2 aliphatic rings. The molecule has 1 saturated carbocycles. The number of carboxylic acids is 1. The topological polar surface area (TPSA) is 91.7 Å². The van der Waals surface area contributed by atoms with Crippen LogP contribution in [0, 0.1) is 11.3 Å². The first-order valence-electron chi connectivity index (χ1n) is 9.29. The normalized spacial score (nSPS) is 30.2. The van der Waals surface area contributed by atoms with Crippen molar-refractivity contribution in [1.29, 1.82) is 0 Å². The zero-order valence-electron chi connectivity index (χ0n) is 16.9. The summed E-state index contributed by atoms with van der Waals surface area (Å²) in [7, 11) is -4.34. The molecule has 1 aromatic carbocycles. The summed E-state index contributed by atoms with van der Waals surface area (Å²) in [4.78, 5) is 12.0. The van der Waals surface area contributed by atoms with Crippen molar-refractivity contribution in [1.82, 2.24) is 0 Å². The second kappa shape index (κ2) is 7.45. The Morgan fingerprint density at radius 1 is 1.22 bits per heavy atom. The minimum Gasteiger partial charge on any atom is -0.481 e. The van der Waals surface area contributed by atoms with Gasteiger partial charge in [-0.2, -0.15) is 8.42 Å². The van der Waals surface area contributed by atoms with Crippen LogP contribution >= 0.6 is 0 Å². The molecule has 0 heterocycles. The maximum absolute atomic E-state index is 12.0. The maximum Gasteiger partial charge on any atom is 1.00 e. The van der Waals surface area contributed by atoms with Gasteiger partial charge in [0.05, 0.1) is 10.3 Å². The van der Waals surface area contributed by atoms with E-state index in [9.17, 15) is 22.9 Å². The van der Waals surface area contributed by atoms with Gasteiger partial charge in [-0.3, -0.25) is 9.35 Å². The average molecular weight is 403 g/mol. The van der Waals surface area contributed by atoms with E-state index in [1.165, 1.54) is 0 Å². The number of aliphatic carboxylic acids is 1. The van der Waals surface area contributed by atoms with Gasteiger partial charge in [0.2, 0.25) is 0 Å². The monoisotopic (exact) mass is 403 g/mol. The first-order chi connectivity index (χ1) is 11.9. The van der Waals surface area contributed by atoms with Gasteiger partial charge >= 0.3 is 35.5 Å². The number of carboxylic acid groups (broad SMARTS) is 1. The molecule has 3 atom stereocenters. The number of rotatable bonds is 3. The third-order valence-electron chi connectivity index (χ3n) is 6.87. The molecule has 0 radical (unpaired) electrons. The molecule has 2 aliphatic carbocycles. The van der Waals surface area contributed by atoms with Crippen molar-refractivity contribution in [2.75, 3.05) is 0 Å². The van der Waals surface area contributed by atoms with Crippen molar-refractivity contribution in [3.63, 3.8) is 0 Å². The molecule has 2 N–H and O–H groups in total. The summed E-state index contributed by atoms with van der Waals surface area (Å²) in [6.07, 6.45) is 3.80. The van der Waals surface area contributed by atoms with E-state index >= 15 is 0 Å². The summed E-state index contributed by atoms with van der Waals surface area (Å²) in [6.45, 7) is 7.71. The predicted molar refractivity (Wildman–Crippen MR) is 99.1 cm³/mol. The van der Waals surface area contributed by atoms with E-state index in [1.54, 1.807) is 6.07 Å².